The smallest absolute Gasteiger partial charge is 0.227 e. The minimum Gasteiger partial charge on any atom is -0.436 e. The number of aromatic nitrogens is 3. The van der Waals surface area contributed by atoms with Crippen LogP contribution in [-0.4, -0.2) is 15.0 Å². The lowest BCUT2D eigenvalue weighted by Gasteiger charge is -2.14. The lowest BCUT2D eigenvalue weighted by molar-refractivity contribution is 0.456. The monoisotopic (exact) mass is 280 g/mol. The number of pyridine rings is 1. The van der Waals surface area contributed by atoms with Gasteiger partial charge in [-0.1, -0.05) is 32.0 Å². The molecule has 0 unspecified atom stereocenters. The Morgan fingerprint density at radius 3 is 2.67 bits per heavy atom. The van der Waals surface area contributed by atoms with Gasteiger partial charge in [-0.05, 0) is 18.1 Å². The summed E-state index contributed by atoms with van der Waals surface area (Å²) in [6, 6.07) is 9.69. The minimum atomic E-state index is 0.170. The zero-order valence-electron chi connectivity index (χ0n) is 11.9. The third-order valence-corrected chi connectivity index (χ3v) is 3.26. The van der Waals surface area contributed by atoms with Crippen molar-refractivity contribution >= 4 is 16.7 Å². The summed E-state index contributed by atoms with van der Waals surface area (Å²) in [6.07, 6.45) is 3.15. The second kappa shape index (κ2) is 5.36. The molecule has 1 aromatic carbocycles. The van der Waals surface area contributed by atoms with Gasteiger partial charge in [-0.2, -0.15) is 0 Å². The van der Waals surface area contributed by atoms with Crippen molar-refractivity contribution in [1.29, 1.82) is 0 Å². The summed E-state index contributed by atoms with van der Waals surface area (Å²) in [4.78, 5) is 12.6. The van der Waals surface area contributed by atoms with Crippen LogP contribution in [0.25, 0.3) is 10.9 Å². The Hall–Kier alpha value is -2.69. The molecule has 0 radical (unpaired) electrons. The molecule has 2 N–H and O–H groups in total. The van der Waals surface area contributed by atoms with Crippen LogP contribution in [0.4, 0.5) is 5.82 Å². The molecule has 2 aromatic heterocycles. The first kappa shape index (κ1) is 13.3. The van der Waals surface area contributed by atoms with Crippen LogP contribution in [0.15, 0.2) is 42.9 Å². The largest absolute Gasteiger partial charge is 0.436 e. The molecule has 0 saturated heterocycles. The highest BCUT2D eigenvalue weighted by Gasteiger charge is 2.16. The second-order valence-corrected chi connectivity index (χ2v) is 5.07. The summed E-state index contributed by atoms with van der Waals surface area (Å²) in [5.41, 5.74) is 7.55. The maximum atomic E-state index is 5.97. The molecule has 2 heterocycles. The third-order valence-electron chi connectivity index (χ3n) is 3.26. The van der Waals surface area contributed by atoms with E-state index in [9.17, 15) is 0 Å². The van der Waals surface area contributed by atoms with Gasteiger partial charge in [0.2, 0.25) is 5.88 Å². The third kappa shape index (κ3) is 2.50. The van der Waals surface area contributed by atoms with Crippen LogP contribution in [0.5, 0.6) is 11.6 Å². The van der Waals surface area contributed by atoms with Gasteiger partial charge in [0.15, 0.2) is 5.75 Å². The first-order valence-electron chi connectivity index (χ1n) is 6.79. The van der Waals surface area contributed by atoms with E-state index in [2.05, 4.69) is 15.0 Å². The average Bonchev–Trinajstić information content (AvgIpc) is 2.47. The van der Waals surface area contributed by atoms with Crippen LogP contribution in [0, 0.1) is 0 Å². The van der Waals surface area contributed by atoms with Gasteiger partial charge < -0.3 is 10.5 Å². The van der Waals surface area contributed by atoms with E-state index >= 15 is 0 Å². The van der Waals surface area contributed by atoms with Gasteiger partial charge in [0.25, 0.3) is 0 Å². The van der Waals surface area contributed by atoms with Crippen molar-refractivity contribution in [1.82, 2.24) is 15.0 Å². The summed E-state index contributed by atoms with van der Waals surface area (Å²) in [5, 5.41) is 1.02. The van der Waals surface area contributed by atoms with E-state index in [0.29, 0.717) is 17.4 Å². The number of ether oxygens (including phenoxy) is 1. The number of anilines is 1. The van der Waals surface area contributed by atoms with E-state index in [1.54, 1.807) is 6.20 Å². The maximum absolute atomic E-state index is 5.97. The van der Waals surface area contributed by atoms with Gasteiger partial charge in [-0.25, -0.2) is 9.97 Å². The zero-order chi connectivity index (χ0) is 14.8. The molecule has 5 nitrogen and oxygen atoms in total. The van der Waals surface area contributed by atoms with Crippen molar-refractivity contribution in [2.45, 2.75) is 19.8 Å². The number of hydrogen-bond donors (Lipinski definition) is 1. The van der Waals surface area contributed by atoms with Crippen molar-refractivity contribution in [3.05, 3.63) is 48.4 Å². The first-order chi connectivity index (χ1) is 10.2. The lowest BCUT2D eigenvalue weighted by Crippen LogP contribution is -2.04. The molecule has 106 valence electrons. The van der Waals surface area contributed by atoms with Crippen molar-refractivity contribution < 1.29 is 4.74 Å². The van der Waals surface area contributed by atoms with E-state index < -0.39 is 0 Å². The number of fused-ring (bicyclic) bond motifs is 1. The average molecular weight is 280 g/mol. The standard InChI is InChI=1S/C16H16N4O/c1-10(2)13-15(17)19-9-20-16(13)21-12-7-3-5-11-6-4-8-18-14(11)12/h3-10H,1-2H3,(H2,17,19,20). The predicted octanol–water partition coefficient (Wildman–Crippen LogP) is 3.52. The number of nitrogens with zero attached hydrogens (tertiary/aromatic N) is 3. The molecule has 0 aliphatic carbocycles. The Morgan fingerprint density at radius 1 is 1.05 bits per heavy atom. The van der Waals surface area contributed by atoms with Crippen LogP contribution in [0.3, 0.4) is 0 Å². The number of rotatable bonds is 3. The fourth-order valence-electron chi connectivity index (χ4n) is 2.28. The van der Waals surface area contributed by atoms with E-state index in [1.807, 2.05) is 44.2 Å². The van der Waals surface area contributed by atoms with Crippen LogP contribution >= 0.6 is 0 Å². The highest BCUT2D eigenvalue weighted by atomic mass is 16.5. The maximum Gasteiger partial charge on any atom is 0.227 e. The van der Waals surface area contributed by atoms with E-state index in [0.717, 1.165) is 16.5 Å². The van der Waals surface area contributed by atoms with Crippen LogP contribution in [0.1, 0.15) is 25.3 Å². The molecular weight excluding hydrogens is 264 g/mol. The molecule has 21 heavy (non-hydrogen) atoms. The molecular formula is C16H16N4O. The van der Waals surface area contributed by atoms with Crippen LogP contribution < -0.4 is 10.5 Å². The number of hydrogen-bond acceptors (Lipinski definition) is 5. The summed E-state index contributed by atoms with van der Waals surface area (Å²) >= 11 is 0. The summed E-state index contributed by atoms with van der Waals surface area (Å²) in [6.45, 7) is 4.06. The molecule has 3 aromatic rings. The van der Waals surface area contributed by atoms with Crippen molar-refractivity contribution in [2.24, 2.45) is 0 Å². The first-order valence-corrected chi connectivity index (χ1v) is 6.79. The zero-order valence-corrected chi connectivity index (χ0v) is 11.9. The van der Waals surface area contributed by atoms with Crippen LogP contribution in [-0.2, 0) is 0 Å². The normalized spacial score (nSPS) is 11.0. The summed E-state index contributed by atoms with van der Waals surface area (Å²) in [5.74, 6) is 1.76. The topological polar surface area (TPSA) is 73.9 Å². The molecule has 0 spiro atoms. The quantitative estimate of drug-likeness (QED) is 0.794. The molecule has 5 heteroatoms. The molecule has 0 fully saturated rings. The van der Waals surface area contributed by atoms with Gasteiger partial charge in [-0.3, -0.25) is 4.98 Å². The van der Waals surface area contributed by atoms with Crippen molar-refractivity contribution in [3.63, 3.8) is 0 Å². The summed E-state index contributed by atoms with van der Waals surface area (Å²) < 4.78 is 5.97. The molecule has 0 bridgehead atoms. The summed E-state index contributed by atoms with van der Waals surface area (Å²) in [7, 11) is 0. The number of nitrogens with two attached hydrogens (primary N) is 1. The fourth-order valence-corrected chi connectivity index (χ4v) is 2.28. The van der Waals surface area contributed by atoms with Gasteiger partial charge in [0.1, 0.15) is 17.7 Å². The van der Waals surface area contributed by atoms with Crippen molar-refractivity contribution in [3.8, 4) is 11.6 Å². The van der Waals surface area contributed by atoms with E-state index in [4.69, 9.17) is 10.5 Å². The Labute approximate surface area is 122 Å². The highest BCUT2D eigenvalue weighted by molar-refractivity contribution is 5.84. The Kier molecular flexibility index (Phi) is 3.39. The number of para-hydroxylation sites is 1. The Balaban J connectivity index is 2.09. The second-order valence-electron chi connectivity index (χ2n) is 5.07. The molecule has 0 aliphatic rings. The van der Waals surface area contributed by atoms with Gasteiger partial charge in [0.05, 0.1) is 5.56 Å². The number of nitrogen functional groups attached to an aromatic ring is 1. The van der Waals surface area contributed by atoms with Gasteiger partial charge in [-0.15, -0.1) is 0 Å². The molecule has 3 rings (SSSR count). The Bertz CT molecular complexity index is 781. The van der Waals surface area contributed by atoms with Crippen molar-refractivity contribution in [2.75, 3.05) is 5.73 Å². The molecule has 0 saturated carbocycles. The van der Waals surface area contributed by atoms with Gasteiger partial charge >= 0.3 is 0 Å². The number of benzene rings is 1. The highest BCUT2D eigenvalue weighted by Crippen LogP contribution is 2.33. The van der Waals surface area contributed by atoms with Gasteiger partial charge in [0, 0.05) is 11.6 Å². The molecule has 0 atom stereocenters. The molecule has 0 aliphatic heterocycles. The van der Waals surface area contributed by atoms with Crippen LogP contribution in [0.2, 0.25) is 0 Å². The lowest BCUT2D eigenvalue weighted by atomic mass is 10.1. The fraction of sp³-hybridized carbons (Fsp3) is 0.188. The Morgan fingerprint density at radius 2 is 1.86 bits per heavy atom. The van der Waals surface area contributed by atoms with E-state index in [-0.39, 0.29) is 5.92 Å². The molecule has 0 amide bonds. The van der Waals surface area contributed by atoms with E-state index in [1.165, 1.54) is 6.33 Å². The predicted molar refractivity (Wildman–Crippen MR) is 82.4 cm³/mol. The minimum absolute atomic E-state index is 0.170. The SMILES string of the molecule is CC(C)c1c(N)ncnc1Oc1cccc2cccnc12.